The molecule has 0 fully saturated rings. The molecule has 1 heterocycles. The summed E-state index contributed by atoms with van der Waals surface area (Å²) in [6.45, 7) is 2.98. The minimum Gasteiger partial charge on any atom is -0.325 e. The van der Waals surface area contributed by atoms with Crippen LogP contribution in [0.15, 0.2) is 59.4 Å². The van der Waals surface area contributed by atoms with Gasteiger partial charge in [-0.1, -0.05) is 42.5 Å². The molecule has 2 atom stereocenters. The normalized spacial score (nSPS) is 13.9. The lowest BCUT2D eigenvalue weighted by Crippen LogP contribution is -3.07. The van der Waals surface area contributed by atoms with Crippen molar-refractivity contribution in [2.45, 2.75) is 19.5 Å². The van der Waals surface area contributed by atoms with Crippen LogP contribution in [-0.2, 0) is 6.54 Å². The standard InChI is InChI=1S/C18H19N3O/c1-13(21(2)12-14-8-4-3-5-9-14)17-19-16-11-7-6-10-15(16)18(22)20-17/h3-11,13H,12H2,1-2H3,(H,19,20,22)/p+1/t13-/m0/s1. The first-order valence-corrected chi connectivity index (χ1v) is 7.50. The summed E-state index contributed by atoms with van der Waals surface area (Å²) in [4.78, 5) is 21.0. The molecule has 2 aromatic carbocycles. The van der Waals surface area contributed by atoms with Gasteiger partial charge < -0.3 is 9.88 Å². The van der Waals surface area contributed by atoms with Crippen molar-refractivity contribution in [2.24, 2.45) is 0 Å². The zero-order valence-corrected chi connectivity index (χ0v) is 12.8. The van der Waals surface area contributed by atoms with Gasteiger partial charge in [0.05, 0.1) is 18.0 Å². The van der Waals surface area contributed by atoms with Crippen LogP contribution >= 0.6 is 0 Å². The van der Waals surface area contributed by atoms with E-state index in [1.165, 1.54) is 10.5 Å². The van der Waals surface area contributed by atoms with Gasteiger partial charge in [-0.25, -0.2) is 4.98 Å². The molecule has 22 heavy (non-hydrogen) atoms. The number of fused-ring (bicyclic) bond motifs is 1. The van der Waals surface area contributed by atoms with Crippen LogP contribution in [0.1, 0.15) is 24.4 Å². The SMILES string of the molecule is C[C@@H](c1nc2ccccc2c(=O)[nH]1)[NH+](C)Cc1ccccc1. The summed E-state index contributed by atoms with van der Waals surface area (Å²) >= 11 is 0. The molecule has 112 valence electrons. The van der Waals surface area contributed by atoms with Crippen molar-refractivity contribution in [2.75, 3.05) is 7.05 Å². The maximum absolute atomic E-state index is 12.2. The number of aromatic amines is 1. The second kappa shape index (κ2) is 6.12. The third-order valence-corrected chi connectivity index (χ3v) is 4.11. The van der Waals surface area contributed by atoms with Crippen LogP contribution in [0.3, 0.4) is 0 Å². The Morgan fingerprint density at radius 3 is 2.55 bits per heavy atom. The summed E-state index contributed by atoms with van der Waals surface area (Å²) in [6, 6.07) is 17.9. The molecule has 0 saturated carbocycles. The number of nitrogens with zero attached hydrogens (tertiary/aromatic N) is 1. The van der Waals surface area contributed by atoms with E-state index in [-0.39, 0.29) is 11.6 Å². The van der Waals surface area contributed by atoms with E-state index in [2.05, 4.69) is 36.1 Å². The summed E-state index contributed by atoms with van der Waals surface area (Å²) in [7, 11) is 2.12. The molecule has 0 bridgehead atoms. The molecule has 0 aliphatic heterocycles. The van der Waals surface area contributed by atoms with Crippen molar-refractivity contribution in [1.29, 1.82) is 0 Å². The van der Waals surface area contributed by atoms with E-state index >= 15 is 0 Å². The average molecular weight is 294 g/mol. The lowest BCUT2D eigenvalue weighted by molar-refractivity contribution is -0.924. The van der Waals surface area contributed by atoms with E-state index < -0.39 is 0 Å². The van der Waals surface area contributed by atoms with Crippen molar-refractivity contribution in [1.82, 2.24) is 9.97 Å². The Balaban J connectivity index is 1.88. The number of aromatic nitrogens is 2. The van der Waals surface area contributed by atoms with Crippen molar-refractivity contribution < 1.29 is 4.90 Å². The Morgan fingerprint density at radius 2 is 1.77 bits per heavy atom. The Hall–Kier alpha value is -2.46. The second-order valence-corrected chi connectivity index (χ2v) is 5.70. The van der Waals surface area contributed by atoms with Crippen LogP contribution in [0.2, 0.25) is 0 Å². The monoisotopic (exact) mass is 294 g/mol. The van der Waals surface area contributed by atoms with E-state index in [0.29, 0.717) is 5.39 Å². The molecule has 1 unspecified atom stereocenters. The van der Waals surface area contributed by atoms with Gasteiger partial charge in [0.15, 0.2) is 5.82 Å². The smallest absolute Gasteiger partial charge is 0.258 e. The lowest BCUT2D eigenvalue weighted by atomic mass is 10.2. The average Bonchev–Trinajstić information content (AvgIpc) is 2.55. The largest absolute Gasteiger partial charge is 0.325 e. The van der Waals surface area contributed by atoms with Crippen LogP contribution in [0.4, 0.5) is 0 Å². The molecular weight excluding hydrogens is 274 g/mol. The highest BCUT2D eigenvalue weighted by atomic mass is 16.1. The Bertz CT molecular complexity index is 826. The van der Waals surface area contributed by atoms with Crippen LogP contribution in [-0.4, -0.2) is 17.0 Å². The van der Waals surface area contributed by atoms with E-state index in [1.807, 2.05) is 36.4 Å². The first kappa shape index (κ1) is 14.5. The third kappa shape index (κ3) is 2.92. The zero-order valence-electron chi connectivity index (χ0n) is 12.8. The first-order valence-electron chi connectivity index (χ1n) is 7.50. The van der Waals surface area contributed by atoms with E-state index in [0.717, 1.165) is 17.9 Å². The summed E-state index contributed by atoms with van der Waals surface area (Å²) < 4.78 is 0. The van der Waals surface area contributed by atoms with Crippen molar-refractivity contribution in [3.05, 3.63) is 76.3 Å². The van der Waals surface area contributed by atoms with Gasteiger partial charge in [0, 0.05) is 5.56 Å². The summed E-state index contributed by atoms with van der Waals surface area (Å²) in [6.07, 6.45) is 0. The molecule has 4 nitrogen and oxygen atoms in total. The molecule has 0 amide bonds. The molecule has 1 aromatic heterocycles. The van der Waals surface area contributed by atoms with Gasteiger partial charge in [-0.15, -0.1) is 0 Å². The van der Waals surface area contributed by atoms with Gasteiger partial charge in [-0.3, -0.25) is 4.79 Å². The number of quaternary nitrogens is 1. The van der Waals surface area contributed by atoms with Crippen molar-refractivity contribution >= 4 is 10.9 Å². The highest BCUT2D eigenvalue weighted by Crippen LogP contribution is 2.09. The first-order chi connectivity index (χ1) is 10.6. The van der Waals surface area contributed by atoms with E-state index in [9.17, 15) is 4.79 Å². The van der Waals surface area contributed by atoms with Gasteiger partial charge in [0.25, 0.3) is 5.56 Å². The van der Waals surface area contributed by atoms with Crippen LogP contribution < -0.4 is 10.5 Å². The fraction of sp³-hybridized carbons (Fsp3) is 0.222. The predicted molar refractivity (Wildman–Crippen MR) is 87.8 cm³/mol. The Labute approximate surface area is 129 Å². The number of rotatable bonds is 4. The predicted octanol–water partition coefficient (Wildman–Crippen LogP) is 1.70. The van der Waals surface area contributed by atoms with Crippen LogP contribution in [0.25, 0.3) is 10.9 Å². The Kier molecular flexibility index (Phi) is 4.02. The fourth-order valence-corrected chi connectivity index (χ4v) is 2.61. The molecule has 3 aromatic rings. The molecule has 3 rings (SSSR count). The topological polar surface area (TPSA) is 50.2 Å². The molecule has 0 aliphatic carbocycles. The number of para-hydroxylation sites is 1. The van der Waals surface area contributed by atoms with E-state index in [4.69, 9.17) is 0 Å². The molecule has 0 spiro atoms. The van der Waals surface area contributed by atoms with Gasteiger partial charge in [0.1, 0.15) is 12.6 Å². The molecule has 0 saturated heterocycles. The van der Waals surface area contributed by atoms with Gasteiger partial charge in [0.2, 0.25) is 0 Å². The van der Waals surface area contributed by atoms with Crippen molar-refractivity contribution in [3.8, 4) is 0 Å². The number of hydrogen-bond donors (Lipinski definition) is 2. The maximum atomic E-state index is 12.2. The minimum absolute atomic E-state index is 0.0695. The molecule has 2 N–H and O–H groups in total. The minimum atomic E-state index is -0.0695. The van der Waals surface area contributed by atoms with E-state index in [1.54, 1.807) is 6.07 Å². The van der Waals surface area contributed by atoms with Crippen molar-refractivity contribution in [3.63, 3.8) is 0 Å². The summed E-state index contributed by atoms with van der Waals surface area (Å²) in [5, 5.41) is 0.638. The lowest BCUT2D eigenvalue weighted by Gasteiger charge is -2.21. The number of hydrogen-bond acceptors (Lipinski definition) is 2. The molecule has 0 radical (unpaired) electrons. The molecular formula is C18H20N3O+. The zero-order chi connectivity index (χ0) is 15.5. The quantitative estimate of drug-likeness (QED) is 0.769. The third-order valence-electron chi connectivity index (χ3n) is 4.11. The van der Waals surface area contributed by atoms with Gasteiger partial charge in [-0.2, -0.15) is 0 Å². The fourth-order valence-electron chi connectivity index (χ4n) is 2.61. The summed E-state index contributed by atoms with van der Waals surface area (Å²) in [5.41, 5.74) is 1.95. The van der Waals surface area contributed by atoms with Crippen LogP contribution in [0.5, 0.6) is 0 Å². The number of nitrogens with one attached hydrogen (secondary N) is 2. The summed E-state index contributed by atoms with van der Waals surface area (Å²) in [5.74, 6) is 0.733. The highest BCUT2D eigenvalue weighted by molar-refractivity contribution is 5.77. The van der Waals surface area contributed by atoms with Crippen LogP contribution in [0, 0.1) is 0 Å². The van der Waals surface area contributed by atoms with Gasteiger partial charge >= 0.3 is 0 Å². The maximum Gasteiger partial charge on any atom is 0.258 e. The number of H-pyrrole nitrogens is 1. The second-order valence-electron chi connectivity index (χ2n) is 5.70. The van der Waals surface area contributed by atoms with Gasteiger partial charge in [-0.05, 0) is 19.1 Å². The Morgan fingerprint density at radius 1 is 1.09 bits per heavy atom. The number of benzene rings is 2. The molecule has 0 aliphatic rings. The highest BCUT2D eigenvalue weighted by Gasteiger charge is 2.19. The molecule has 4 heteroatoms.